The van der Waals surface area contributed by atoms with Gasteiger partial charge in [0.2, 0.25) is 5.91 Å². The Labute approximate surface area is 156 Å². The molecule has 5 nitrogen and oxygen atoms in total. The van der Waals surface area contributed by atoms with Gasteiger partial charge in [-0.1, -0.05) is 31.5 Å². The van der Waals surface area contributed by atoms with E-state index in [1.165, 1.54) is 0 Å². The summed E-state index contributed by atoms with van der Waals surface area (Å²) in [5.41, 5.74) is 0.740. The maximum Gasteiger partial charge on any atom is 0.253 e. The quantitative estimate of drug-likeness (QED) is 0.900. The van der Waals surface area contributed by atoms with Gasteiger partial charge in [-0.2, -0.15) is 0 Å². The summed E-state index contributed by atoms with van der Waals surface area (Å²) in [5.74, 6) is 1.02. The summed E-state index contributed by atoms with van der Waals surface area (Å²) in [7, 11) is 0. The number of rotatable bonds is 4. The third-order valence-corrected chi connectivity index (χ3v) is 5.98. The topological polar surface area (TPSA) is 60.9 Å². The molecule has 0 bridgehead atoms. The normalized spacial score (nSPS) is 24.5. The highest BCUT2D eigenvalue weighted by Gasteiger charge is 2.33. The van der Waals surface area contributed by atoms with Crippen LogP contribution in [0.1, 0.15) is 49.4 Å². The van der Waals surface area contributed by atoms with Crippen molar-refractivity contribution in [3.8, 4) is 0 Å². The molecule has 1 aromatic carbocycles. The summed E-state index contributed by atoms with van der Waals surface area (Å²) >= 11 is 0. The fourth-order valence-corrected chi connectivity index (χ4v) is 4.23. The minimum atomic E-state index is -0.255. The smallest absolute Gasteiger partial charge is 0.253 e. The Hall–Kier alpha value is -1.88. The molecule has 0 radical (unpaired) electrons. The molecule has 2 aliphatic heterocycles. The van der Waals surface area contributed by atoms with Crippen molar-refractivity contribution in [1.82, 2.24) is 9.80 Å². The van der Waals surface area contributed by atoms with Gasteiger partial charge < -0.3 is 14.9 Å². The van der Waals surface area contributed by atoms with Crippen molar-refractivity contribution >= 4 is 11.8 Å². The highest BCUT2D eigenvalue weighted by molar-refractivity contribution is 5.94. The van der Waals surface area contributed by atoms with Crippen molar-refractivity contribution in [3.05, 3.63) is 35.9 Å². The Bertz CT molecular complexity index is 611. The van der Waals surface area contributed by atoms with Gasteiger partial charge in [-0.25, -0.2) is 0 Å². The van der Waals surface area contributed by atoms with Crippen LogP contribution in [0.25, 0.3) is 0 Å². The SMILES string of the molecule is CCC1CN(C(=O)c2ccccc2)CCC1CC(=O)N1CCC(O)CC1. The second-order valence-electron chi connectivity index (χ2n) is 7.65. The van der Waals surface area contributed by atoms with Gasteiger partial charge in [0.25, 0.3) is 5.91 Å². The standard InChI is InChI=1S/C21H30N2O3/c1-2-16-15-23(21(26)17-6-4-3-5-7-17)11-8-18(16)14-20(25)22-12-9-19(24)10-13-22/h3-7,16,18-19,24H,2,8-15H2,1H3. The van der Waals surface area contributed by atoms with Crippen molar-refractivity contribution in [1.29, 1.82) is 0 Å². The second-order valence-corrected chi connectivity index (χ2v) is 7.65. The average Bonchev–Trinajstić information content (AvgIpc) is 2.69. The summed E-state index contributed by atoms with van der Waals surface area (Å²) < 4.78 is 0. The first-order valence-corrected chi connectivity index (χ1v) is 9.88. The zero-order valence-electron chi connectivity index (χ0n) is 15.6. The number of piperidine rings is 2. The molecule has 142 valence electrons. The Morgan fingerprint density at radius 3 is 2.31 bits per heavy atom. The molecule has 2 amide bonds. The fourth-order valence-electron chi connectivity index (χ4n) is 4.23. The van der Waals surface area contributed by atoms with Crippen LogP contribution >= 0.6 is 0 Å². The molecule has 0 aromatic heterocycles. The molecule has 2 fully saturated rings. The maximum atomic E-state index is 12.7. The van der Waals surface area contributed by atoms with Crippen molar-refractivity contribution in [2.45, 2.75) is 45.1 Å². The van der Waals surface area contributed by atoms with Gasteiger partial charge >= 0.3 is 0 Å². The Kier molecular flexibility index (Phi) is 6.30. The van der Waals surface area contributed by atoms with Crippen LogP contribution in [0.3, 0.4) is 0 Å². The van der Waals surface area contributed by atoms with E-state index in [1.54, 1.807) is 0 Å². The molecule has 2 aliphatic rings. The first-order chi connectivity index (χ1) is 12.6. The van der Waals surface area contributed by atoms with Crippen molar-refractivity contribution in [2.75, 3.05) is 26.2 Å². The van der Waals surface area contributed by atoms with Gasteiger partial charge in [-0.3, -0.25) is 9.59 Å². The van der Waals surface area contributed by atoms with E-state index < -0.39 is 0 Å². The minimum Gasteiger partial charge on any atom is -0.393 e. The monoisotopic (exact) mass is 358 g/mol. The van der Waals surface area contributed by atoms with Crippen LogP contribution in [0.4, 0.5) is 0 Å². The van der Waals surface area contributed by atoms with E-state index in [-0.39, 0.29) is 17.9 Å². The Balaban J connectivity index is 1.56. The molecule has 0 aliphatic carbocycles. The lowest BCUT2D eigenvalue weighted by molar-refractivity contribution is -0.135. The first kappa shape index (κ1) is 18.9. The van der Waals surface area contributed by atoms with Gasteiger partial charge in [-0.15, -0.1) is 0 Å². The zero-order chi connectivity index (χ0) is 18.5. The largest absolute Gasteiger partial charge is 0.393 e. The van der Waals surface area contributed by atoms with E-state index in [4.69, 9.17) is 0 Å². The number of aliphatic hydroxyl groups excluding tert-OH is 1. The number of hydrogen-bond donors (Lipinski definition) is 1. The fraction of sp³-hybridized carbons (Fsp3) is 0.619. The molecule has 2 atom stereocenters. The predicted octanol–water partition coefficient (Wildman–Crippen LogP) is 2.55. The van der Waals surface area contributed by atoms with Crippen LogP contribution in [-0.4, -0.2) is 59.0 Å². The van der Waals surface area contributed by atoms with Gasteiger partial charge in [0.15, 0.2) is 0 Å². The lowest BCUT2D eigenvalue weighted by Crippen LogP contribution is -2.46. The van der Waals surface area contributed by atoms with Crippen molar-refractivity contribution in [3.63, 3.8) is 0 Å². The van der Waals surface area contributed by atoms with Gasteiger partial charge in [-0.05, 0) is 43.2 Å². The molecular weight excluding hydrogens is 328 g/mol. The molecule has 2 saturated heterocycles. The molecule has 0 spiro atoms. The van der Waals surface area contributed by atoms with Crippen LogP contribution in [0, 0.1) is 11.8 Å². The van der Waals surface area contributed by atoms with E-state index in [0.717, 1.165) is 31.5 Å². The third-order valence-electron chi connectivity index (χ3n) is 5.98. The molecule has 1 N–H and O–H groups in total. The Morgan fingerprint density at radius 2 is 1.65 bits per heavy atom. The number of nitrogens with zero attached hydrogens (tertiary/aromatic N) is 2. The van der Waals surface area contributed by atoms with Crippen molar-refractivity contribution in [2.24, 2.45) is 11.8 Å². The maximum absolute atomic E-state index is 12.7. The molecule has 5 heteroatoms. The van der Waals surface area contributed by atoms with Crippen LogP contribution in [0.2, 0.25) is 0 Å². The molecule has 2 unspecified atom stereocenters. The molecule has 2 heterocycles. The zero-order valence-corrected chi connectivity index (χ0v) is 15.6. The van der Waals surface area contributed by atoms with E-state index in [1.807, 2.05) is 40.1 Å². The summed E-state index contributed by atoms with van der Waals surface area (Å²) in [5, 5.41) is 9.61. The number of hydrogen-bond acceptors (Lipinski definition) is 3. The lowest BCUT2D eigenvalue weighted by Gasteiger charge is -2.39. The minimum absolute atomic E-state index is 0.0962. The highest BCUT2D eigenvalue weighted by atomic mass is 16.3. The van der Waals surface area contributed by atoms with E-state index >= 15 is 0 Å². The predicted molar refractivity (Wildman–Crippen MR) is 101 cm³/mol. The number of carbonyl (C=O) groups is 2. The number of benzene rings is 1. The number of carbonyl (C=O) groups excluding carboxylic acids is 2. The number of aliphatic hydroxyl groups is 1. The summed E-state index contributed by atoms with van der Waals surface area (Å²) in [4.78, 5) is 29.2. The van der Waals surface area contributed by atoms with E-state index in [2.05, 4.69) is 6.92 Å². The second kappa shape index (κ2) is 8.67. The molecule has 3 rings (SSSR count). The van der Waals surface area contributed by atoms with Crippen LogP contribution < -0.4 is 0 Å². The highest BCUT2D eigenvalue weighted by Crippen LogP contribution is 2.30. The number of amides is 2. The van der Waals surface area contributed by atoms with Gasteiger partial charge in [0, 0.05) is 38.2 Å². The summed E-state index contributed by atoms with van der Waals surface area (Å²) in [6, 6.07) is 9.44. The van der Waals surface area contributed by atoms with Gasteiger partial charge in [0.1, 0.15) is 0 Å². The molecular formula is C21H30N2O3. The summed E-state index contributed by atoms with van der Waals surface area (Å²) in [6.07, 6.45) is 3.56. The van der Waals surface area contributed by atoms with E-state index in [0.29, 0.717) is 44.2 Å². The average molecular weight is 358 g/mol. The number of likely N-dealkylation sites (tertiary alicyclic amines) is 2. The summed E-state index contributed by atoms with van der Waals surface area (Å²) in [6.45, 7) is 4.95. The molecule has 1 aromatic rings. The first-order valence-electron chi connectivity index (χ1n) is 9.88. The van der Waals surface area contributed by atoms with E-state index in [9.17, 15) is 14.7 Å². The van der Waals surface area contributed by atoms with Crippen molar-refractivity contribution < 1.29 is 14.7 Å². The van der Waals surface area contributed by atoms with Crippen LogP contribution in [0.5, 0.6) is 0 Å². The Morgan fingerprint density at radius 1 is 1.00 bits per heavy atom. The van der Waals surface area contributed by atoms with Crippen LogP contribution in [-0.2, 0) is 4.79 Å². The lowest BCUT2D eigenvalue weighted by atomic mass is 9.81. The third kappa shape index (κ3) is 4.44. The van der Waals surface area contributed by atoms with Gasteiger partial charge in [0.05, 0.1) is 6.10 Å². The van der Waals surface area contributed by atoms with Crippen LogP contribution in [0.15, 0.2) is 30.3 Å². The molecule has 0 saturated carbocycles. The molecule has 26 heavy (non-hydrogen) atoms.